The van der Waals surface area contributed by atoms with Crippen LogP contribution in [0.4, 0.5) is 17.6 Å². The van der Waals surface area contributed by atoms with Crippen LogP contribution >= 0.6 is 0 Å². The molecule has 2 aromatic rings. The molecule has 6 heteroatoms. The molecule has 1 nitrogen and oxygen atoms in total. The van der Waals surface area contributed by atoms with Gasteiger partial charge in [0.05, 0.1) is 5.60 Å². The summed E-state index contributed by atoms with van der Waals surface area (Å²) in [4.78, 5) is 0. The molecule has 0 bridgehead atoms. The van der Waals surface area contributed by atoms with Crippen molar-refractivity contribution in [1.29, 1.82) is 0 Å². The van der Waals surface area contributed by atoms with E-state index in [0.29, 0.717) is 6.07 Å². The minimum Gasteiger partial charge on any atom is -0.410 e. The molecule has 0 amide bonds. The molecule has 0 fully saturated rings. The maximum atomic E-state index is 13.7. The molecule has 109 valence electrons. The first-order chi connectivity index (χ1) is 9.77. The van der Waals surface area contributed by atoms with Gasteiger partial charge in [-0.25, -0.2) is 17.6 Å². The molecule has 0 saturated carbocycles. The molecule has 2 rings (SSSR count). The lowest BCUT2D eigenvalue weighted by Crippen LogP contribution is -2.19. The summed E-state index contributed by atoms with van der Waals surface area (Å²) in [6, 6.07) is 6.87. The smallest absolute Gasteiger partial charge is 0.247 e. The van der Waals surface area contributed by atoms with Crippen LogP contribution in [0.5, 0.6) is 0 Å². The molecule has 0 saturated heterocycles. The first kappa shape index (κ1) is 15.7. The minimum atomic E-state index is -1.82. The maximum absolute atomic E-state index is 13.7. The topological polar surface area (TPSA) is 9.23 Å². The van der Waals surface area contributed by atoms with Crippen molar-refractivity contribution in [3.05, 3.63) is 59.2 Å². The Labute approximate surface area is 123 Å². The molecule has 0 atom stereocenters. The summed E-state index contributed by atoms with van der Waals surface area (Å²) in [7, 11) is 2.96. The molecule has 0 unspecified atom stereocenters. The molecular formula is C15H11F4OSi. The van der Waals surface area contributed by atoms with Crippen LogP contribution in [-0.4, -0.2) is 10.5 Å². The van der Waals surface area contributed by atoms with Crippen LogP contribution < -0.4 is 0 Å². The molecule has 21 heavy (non-hydrogen) atoms. The van der Waals surface area contributed by atoms with Crippen LogP contribution in [0, 0.1) is 23.3 Å². The quantitative estimate of drug-likeness (QED) is 0.356. The molecule has 0 aliphatic heterocycles. The SMILES string of the molecule is CC(C)(O[Si])c1ccc(-c2cc(F)c(F)c(F)c2F)cc1. The van der Waals surface area contributed by atoms with E-state index >= 15 is 0 Å². The van der Waals surface area contributed by atoms with Gasteiger partial charge in [-0.05, 0) is 31.0 Å². The molecule has 0 N–H and O–H groups in total. The Morgan fingerprint density at radius 1 is 0.905 bits per heavy atom. The van der Waals surface area contributed by atoms with Crippen LogP contribution in [0.15, 0.2) is 30.3 Å². The molecule has 0 spiro atoms. The molecule has 0 aromatic heterocycles. The van der Waals surface area contributed by atoms with Crippen molar-refractivity contribution in [2.45, 2.75) is 19.4 Å². The summed E-state index contributed by atoms with van der Waals surface area (Å²) in [5.41, 5.74) is 0.0337. The predicted octanol–water partition coefficient (Wildman–Crippen LogP) is 4.25. The highest BCUT2D eigenvalue weighted by atomic mass is 28.2. The van der Waals surface area contributed by atoms with Gasteiger partial charge in [0.15, 0.2) is 23.3 Å². The van der Waals surface area contributed by atoms with E-state index in [-0.39, 0.29) is 11.1 Å². The summed E-state index contributed by atoms with van der Waals surface area (Å²) in [6.45, 7) is 3.60. The fraction of sp³-hybridized carbons (Fsp3) is 0.200. The third kappa shape index (κ3) is 2.86. The Balaban J connectivity index is 2.50. The van der Waals surface area contributed by atoms with E-state index in [4.69, 9.17) is 4.43 Å². The van der Waals surface area contributed by atoms with Crippen LogP contribution in [0.25, 0.3) is 11.1 Å². The van der Waals surface area contributed by atoms with Crippen molar-refractivity contribution in [3.63, 3.8) is 0 Å². The molecule has 0 aliphatic carbocycles. The van der Waals surface area contributed by atoms with Gasteiger partial charge >= 0.3 is 0 Å². The van der Waals surface area contributed by atoms with Crippen molar-refractivity contribution in [1.82, 2.24) is 0 Å². The van der Waals surface area contributed by atoms with Gasteiger partial charge in [0.2, 0.25) is 10.5 Å². The summed E-state index contributed by atoms with van der Waals surface area (Å²) >= 11 is 0. The van der Waals surface area contributed by atoms with Crippen LogP contribution in [0.1, 0.15) is 19.4 Å². The third-order valence-corrected chi connectivity index (χ3v) is 3.76. The molecule has 2 aromatic carbocycles. The Bertz CT molecular complexity index is 668. The fourth-order valence-corrected chi connectivity index (χ4v) is 2.01. The summed E-state index contributed by atoms with van der Waals surface area (Å²) in [5, 5.41) is 0. The van der Waals surface area contributed by atoms with Crippen LogP contribution in [-0.2, 0) is 10.0 Å². The fourth-order valence-electron chi connectivity index (χ4n) is 1.89. The zero-order valence-electron chi connectivity index (χ0n) is 11.3. The third-order valence-electron chi connectivity index (χ3n) is 3.25. The first-order valence-electron chi connectivity index (χ1n) is 6.06. The number of hydrogen-bond acceptors (Lipinski definition) is 1. The van der Waals surface area contributed by atoms with Gasteiger partial charge in [0, 0.05) is 5.56 Å². The molecule has 0 aliphatic rings. The average molecular weight is 311 g/mol. The van der Waals surface area contributed by atoms with Gasteiger partial charge in [-0.2, -0.15) is 0 Å². The van der Waals surface area contributed by atoms with Gasteiger partial charge in [-0.3, -0.25) is 0 Å². The highest BCUT2D eigenvalue weighted by molar-refractivity contribution is 5.98. The maximum Gasteiger partial charge on any atom is 0.247 e. The lowest BCUT2D eigenvalue weighted by molar-refractivity contribution is 0.123. The van der Waals surface area contributed by atoms with Gasteiger partial charge in [-0.15, -0.1) is 0 Å². The largest absolute Gasteiger partial charge is 0.410 e. The Kier molecular flexibility index (Phi) is 4.20. The monoisotopic (exact) mass is 311 g/mol. The Morgan fingerprint density at radius 2 is 1.48 bits per heavy atom. The lowest BCUT2D eigenvalue weighted by atomic mass is 9.95. The van der Waals surface area contributed by atoms with E-state index in [1.807, 2.05) is 0 Å². The van der Waals surface area contributed by atoms with E-state index in [2.05, 4.69) is 10.5 Å². The van der Waals surface area contributed by atoms with Gasteiger partial charge < -0.3 is 4.43 Å². The van der Waals surface area contributed by atoms with Crippen LogP contribution in [0.3, 0.4) is 0 Å². The second kappa shape index (κ2) is 5.61. The highest BCUT2D eigenvalue weighted by Crippen LogP contribution is 2.30. The number of hydrogen-bond donors (Lipinski definition) is 0. The Morgan fingerprint density at radius 3 is 2.00 bits per heavy atom. The normalized spacial score (nSPS) is 11.8. The van der Waals surface area contributed by atoms with Crippen molar-refractivity contribution in [2.75, 3.05) is 0 Å². The summed E-state index contributed by atoms with van der Waals surface area (Å²) in [6.07, 6.45) is 0. The van der Waals surface area contributed by atoms with E-state index in [1.54, 1.807) is 26.0 Å². The van der Waals surface area contributed by atoms with E-state index in [9.17, 15) is 17.6 Å². The standard InChI is InChI=1S/C15H11F4OSi/c1-15(2,20-21)9-5-3-8(4-6-9)10-7-11(16)13(18)14(19)12(10)17/h3-7H,1-2H3. The zero-order valence-corrected chi connectivity index (χ0v) is 12.3. The second-order valence-electron chi connectivity index (χ2n) is 5.04. The average Bonchev–Trinajstić information content (AvgIpc) is 2.49. The van der Waals surface area contributed by atoms with Crippen molar-refractivity contribution in [3.8, 4) is 11.1 Å². The highest BCUT2D eigenvalue weighted by Gasteiger charge is 2.21. The first-order valence-corrected chi connectivity index (χ1v) is 6.47. The van der Waals surface area contributed by atoms with Gasteiger partial charge in [-0.1, -0.05) is 24.3 Å². The minimum absolute atomic E-state index is 0.235. The molecular weight excluding hydrogens is 300 g/mol. The lowest BCUT2D eigenvalue weighted by Gasteiger charge is -2.24. The predicted molar refractivity (Wildman–Crippen MR) is 71.6 cm³/mol. The van der Waals surface area contributed by atoms with Gasteiger partial charge in [0.1, 0.15) is 0 Å². The number of benzene rings is 2. The molecule has 3 radical (unpaired) electrons. The summed E-state index contributed by atoms with van der Waals surface area (Å²) < 4.78 is 58.2. The van der Waals surface area contributed by atoms with E-state index < -0.39 is 28.9 Å². The van der Waals surface area contributed by atoms with E-state index in [0.717, 1.165) is 5.56 Å². The zero-order chi connectivity index (χ0) is 15.8. The van der Waals surface area contributed by atoms with Crippen molar-refractivity contribution >= 4 is 10.5 Å². The van der Waals surface area contributed by atoms with E-state index in [1.165, 1.54) is 12.1 Å². The van der Waals surface area contributed by atoms with Gasteiger partial charge in [0.25, 0.3) is 0 Å². The summed E-state index contributed by atoms with van der Waals surface area (Å²) in [5.74, 6) is -6.49. The van der Waals surface area contributed by atoms with Crippen LogP contribution in [0.2, 0.25) is 0 Å². The number of halogens is 4. The van der Waals surface area contributed by atoms with Crippen molar-refractivity contribution < 1.29 is 22.0 Å². The molecule has 0 heterocycles. The Hall–Kier alpha value is -1.66. The van der Waals surface area contributed by atoms with Crippen molar-refractivity contribution in [2.24, 2.45) is 0 Å². The second-order valence-corrected chi connectivity index (χ2v) is 5.24. The number of rotatable bonds is 3.